The Labute approximate surface area is 96.7 Å². The largest absolute Gasteiger partial charge is 0.377 e. The van der Waals surface area contributed by atoms with Crippen LogP contribution in [0.5, 0.6) is 0 Å². The first-order chi connectivity index (χ1) is 7.33. The van der Waals surface area contributed by atoms with Crippen LogP contribution in [0.3, 0.4) is 0 Å². The molecule has 1 aromatic rings. The maximum Gasteiger partial charge on any atom is 0.0769 e. The lowest BCUT2D eigenvalue weighted by Gasteiger charge is -2.26. The Bertz CT molecular complexity index is 242. The SMILES string of the molecule is CCCC(OCC)C(NC)c1ccsc1. The molecule has 0 saturated carbocycles. The highest BCUT2D eigenvalue weighted by Gasteiger charge is 2.21. The topological polar surface area (TPSA) is 21.3 Å². The minimum Gasteiger partial charge on any atom is -0.377 e. The van der Waals surface area contributed by atoms with Crippen molar-refractivity contribution in [3.63, 3.8) is 0 Å². The van der Waals surface area contributed by atoms with Crippen molar-refractivity contribution in [1.29, 1.82) is 0 Å². The van der Waals surface area contributed by atoms with Gasteiger partial charge in [0.1, 0.15) is 0 Å². The highest BCUT2D eigenvalue weighted by atomic mass is 32.1. The van der Waals surface area contributed by atoms with Gasteiger partial charge in [0.2, 0.25) is 0 Å². The fraction of sp³-hybridized carbons (Fsp3) is 0.667. The second-order valence-electron chi connectivity index (χ2n) is 3.61. The molecule has 0 spiro atoms. The van der Waals surface area contributed by atoms with Gasteiger partial charge in [-0.1, -0.05) is 13.3 Å². The van der Waals surface area contributed by atoms with Crippen molar-refractivity contribution in [2.24, 2.45) is 0 Å². The molecular formula is C12H21NOS. The zero-order chi connectivity index (χ0) is 11.1. The molecule has 0 aliphatic heterocycles. The number of hydrogen-bond acceptors (Lipinski definition) is 3. The zero-order valence-electron chi connectivity index (χ0n) is 9.82. The van der Waals surface area contributed by atoms with Crippen LogP contribution in [0.25, 0.3) is 0 Å². The first-order valence-corrected chi connectivity index (χ1v) is 6.58. The molecule has 0 bridgehead atoms. The van der Waals surface area contributed by atoms with Crippen LogP contribution < -0.4 is 5.32 Å². The van der Waals surface area contributed by atoms with Crippen molar-refractivity contribution < 1.29 is 4.74 Å². The van der Waals surface area contributed by atoms with E-state index < -0.39 is 0 Å². The van der Waals surface area contributed by atoms with Gasteiger partial charge in [0.25, 0.3) is 0 Å². The molecule has 3 heteroatoms. The molecule has 0 fully saturated rings. The van der Waals surface area contributed by atoms with Gasteiger partial charge in [-0.15, -0.1) is 0 Å². The van der Waals surface area contributed by atoms with E-state index in [0.717, 1.165) is 19.4 Å². The van der Waals surface area contributed by atoms with Gasteiger partial charge in [0.05, 0.1) is 12.1 Å². The van der Waals surface area contributed by atoms with Crippen molar-refractivity contribution in [2.45, 2.75) is 38.8 Å². The van der Waals surface area contributed by atoms with Gasteiger partial charge in [0, 0.05) is 6.61 Å². The van der Waals surface area contributed by atoms with Crippen LogP contribution in [0, 0.1) is 0 Å². The molecule has 0 aliphatic carbocycles. The Morgan fingerprint density at radius 1 is 1.47 bits per heavy atom. The highest BCUT2D eigenvalue weighted by molar-refractivity contribution is 7.07. The molecule has 2 nitrogen and oxygen atoms in total. The minimum atomic E-state index is 0.291. The lowest BCUT2D eigenvalue weighted by Crippen LogP contribution is -2.31. The molecule has 2 unspecified atom stereocenters. The van der Waals surface area contributed by atoms with Crippen LogP contribution in [0.2, 0.25) is 0 Å². The average molecular weight is 227 g/mol. The summed E-state index contributed by atoms with van der Waals surface area (Å²) < 4.78 is 5.80. The Morgan fingerprint density at radius 2 is 2.27 bits per heavy atom. The standard InChI is InChI=1S/C12H21NOS/c1-4-6-11(14-5-2)12(13-3)10-7-8-15-9-10/h7-9,11-13H,4-6H2,1-3H3. The minimum absolute atomic E-state index is 0.291. The summed E-state index contributed by atoms with van der Waals surface area (Å²) >= 11 is 1.74. The first-order valence-electron chi connectivity index (χ1n) is 5.64. The summed E-state index contributed by atoms with van der Waals surface area (Å²) in [5.41, 5.74) is 1.34. The van der Waals surface area contributed by atoms with Crippen LogP contribution in [-0.2, 0) is 4.74 Å². The van der Waals surface area contributed by atoms with E-state index in [2.05, 4.69) is 36.0 Å². The Morgan fingerprint density at radius 3 is 2.73 bits per heavy atom. The van der Waals surface area contributed by atoms with Gasteiger partial charge in [-0.05, 0) is 42.8 Å². The third kappa shape index (κ3) is 3.59. The van der Waals surface area contributed by atoms with Gasteiger partial charge < -0.3 is 10.1 Å². The van der Waals surface area contributed by atoms with Crippen molar-refractivity contribution >= 4 is 11.3 Å². The number of likely N-dealkylation sites (N-methyl/N-ethyl adjacent to an activating group) is 1. The maximum atomic E-state index is 5.80. The summed E-state index contributed by atoms with van der Waals surface area (Å²) in [5.74, 6) is 0. The van der Waals surface area contributed by atoms with Crippen molar-refractivity contribution in [3.8, 4) is 0 Å². The van der Waals surface area contributed by atoms with Gasteiger partial charge in [-0.25, -0.2) is 0 Å². The number of hydrogen-bond donors (Lipinski definition) is 1. The third-order valence-electron chi connectivity index (χ3n) is 2.54. The maximum absolute atomic E-state index is 5.80. The molecule has 0 aliphatic rings. The van der Waals surface area contributed by atoms with Crippen molar-refractivity contribution in [2.75, 3.05) is 13.7 Å². The van der Waals surface area contributed by atoms with E-state index in [9.17, 15) is 0 Å². The van der Waals surface area contributed by atoms with Crippen LogP contribution in [0.1, 0.15) is 38.3 Å². The smallest absolute Gasteiger partial charge is 0.0769 e. The molecular weight excluding hydrogens is 206 g/mol. The van der Waals surface area contributed by atoms with Gasteiger partial charge >= 0.3 is 0 Å². The molecule has 1 rings (SSSR count). The van der Waals surface area contributed by atoms with Crippen LogP contribution in [0.4, 0.5) is 0 Å². The monoisotopic (exact) mass is 227 g/mol. The number of ether oxygens (including phenoxy) is 1. The summed E-state index contributed by atoms with van der Waals surface area (Å²) in [5, 5.41) is 7.67. The predicted octanol–water partition coefficient (Wildman–Crippen LogP) is 3.21. The lowest BCUT2D eigenvalue weighted by atomic mass is 10.0. The number of rotatable bonds is 7. The van der Waals surface area contributed by atoms with Gasteiger partial charge in [-0.3, -0.25) is 0 Å². The molecule has 15 heavy (non-hydrogen) atoms. The summed E-state index contributed by atoms with van der Waals surface area (Å²) in [7, 11) is 2.00. The Kier molecular flexibility index (Phi) is 5.91. The summed E-state index contributed by atoms with van der Waals surface area (Å²) in [6.07, 6.45) is 2.56. The number of nitrogens with one attached hydrogen (secondary N) is 1. The molecule has 0 radical (unpaired) electrons. The lowest BCUT2D eigenvalue weighted by molar-refractivity contribution is 0.0296. The first kappa shape index (κ1) is 12.7. The van der Waals surface area contributed by atoms with Crippen LogP contribution in [-0.4, -0.2) is 19.8 Å². The van der Waals surface area contributed by atoms with E-state index in [-0.39, 0.29) is 0 Å². The molecule has 0 saturated heterocycles. The second-order valence-corrected chi connectivity index (χ2v) is 4.39. The summed E-state index contributed by atoms with van der Waals surface area (Å²) in [6.45, 7) is 5.04. The van der Waals surface area contributed by atoms with E-state index >= 15 is 0 Å². The van der Waals surface area contributed by atoms with Gasteiger partial charge in [0.15, 0.2) is 0 Å². The molecule has 1 heterocycles. The molecule has 0 aromatic carbocycles. The van der Waals surface area contributed by atoms with E-state index in [1.54, 1.807) is 11.3 Å². The summed E-state index contributed by atoms with van der Waals surface area (Å²) in [4.78, 5) is 0. The predicted molar refractivity (Wildman–Crippen MR) is 66.4 cm³/mol. The van der Waals surface area contributed by atoms with Crippen molar-refractivity contribution in [1.82, 2.24) is 5.32 Å². The van der Waals surface area contributed by atoms with Crippen LogP contribution in [0.15, 0.2) is 16.8 Å². The quantitative estimate of drug-likeness (QED) is 0.772. The molecule has 86 valence electrons. The fourth-order valence-corrected chi connectivity index (χ4v) is 2.56. The highest BCUT2D eigenvalue weighted by Crippen LogP contribution is 2.24. The molecule has 1 N–H and O–H groups in total. The van der Waals surface area contributed by atoms with E-state index in [0.29, 0.717) is 12.1 Å². The second kappa shape index (κ2) is 6.99. The van der Waals surface area contributed by atoms with E-state index in [1.165, 1.54) is 5.56 Å². The van der Waals surface area contributed by atoms with E-state index in [1.807, 2.05) is 7.05 Å². The molecule has 2 atom stereocenters. The Hall–Kier alpha value is -0.380. The normalized spacial score (nSPS) is 15.1. The zero-order valence-corrected chi connectivity index (χ0v) is 10.6. The van der Waals surface area contributed by atoms with Crippen molar-refractivity contribution in [3.05, 3.63) is 22.4 Å². The summed E-state index contributed by atoms with van der Waals surface area (Å²) in [6, 6.07) is 2.50. The Balaban J connectivity index is 2.69. The molecule has 1 aromatic heterocycles. The third-order valence-corrected chi connectivity index (χ3v) is 3.24. The molecule has 0 amide bonds. The van der Waals surface area contributed by atoms with E-state index in [4.69, 9.17) is 4.74 Å². The van der Waals surface area contributed by atoms with Crippen LogP contribution >= 0.6 is 11.3 Å². The average Bonchev–Trinajstić information content (AvgIpc) is 2.73. The van der Waals surface area contributed by atoms with Gasteiger partial charge in [-0.2, -0.15) is 11.3 Å². The number of thiophene rings is 1. The fourth-order valence-electron chi connectivity index (χ4n) is 1.86.